The first-order valence-electron chi connectivity index (χ1n) is 9.51. The molecule has 1 N–H and O–H groups in total. The number of hydrogen-bond donors (Lipinski definition) is 1. The lowest BCUT2D eigenvalue weighted by Gasteiger charge is -2.21. The molecule has 0 unspecified atom stereocenters. The van der Waals surface area contributed by atoms with Crippen LogP contribution in [-0.2, 0) is 11.3 Å². The number of hydrogen-bond acceptors (Lipinski definition) is 7. The number of nitrogens with one attached hydrogen (secondary N) is 1. The largest absolute Gasteiger partial charge is 0.496 e. The van der Waals surface area contributed by atoms with Gasteiger partial charge in [-0.25, -0.2) is 4.79 Å². The predicted molar refractivity (Wildman–Crippen MR) is 110 cm³/mol. The second-order valence-corrected chi connectivity index (χ2v) is 6.86. The van der Waals surface area contributed by atoms with Gasteiger partial charge >= 0.3 is 5.97 Å². The Labute approximate surface area is 173 Å². The van der Waals surface area contributed by atoms with Crippen molar-refractivity contribution in [3.63, 3.8) is 0 Å². The van der Waals surface area contributed by atoms with Crippen LogP contribution in [-0.4, -0.2) is 44.1 Å². The lowest BCUT2D eigenvalue weighted by Crippen LogP contribution is -2.27. The van der Waals surface area contributed by atoms with Crippen molar-refractivity contribution in [2.75, 3.05) is 32.2 Å². The first-order valence-corrected chi connectivity index (χ1v) is 9.51. The maximum atomic E-state index is 12.9. The van der Waals surface area contributed by atoms with E-state index in [-0.39, 0.29) is 23.4 Å². The van der Waals surface area contributed by atoms with E-state index < -0.39 is 16.8 Å². The summed E-state index contributed by atoms with van der Waals surface area (Å²) in [5.74, 6) is -0.599. The molecule has 0 saturated carbocycles. The van der Waals surface area contributed by atoms with E-state index in [4.69, 9.17) is 9.47 Å². The number of esters is 1. The molecule has 2 aromatic carbocycles. The summed E-state index contributed by atoms with van der Waals surface area (Å²) >= 11 is 0. The quantitative estimate of drug-likeness (QED) is 0.422. The molecule has 1 heterocycles. The standard InChI is InChI=1S/C21H23N3O6/c1-29-19-8-5-14(11-17(19)21(26)30-2)13-22-20(25)16-12-15(24(27)28)6-7-18(16)23-9-3-4-10-23/h5-8,11-12H,3-4,9-10,13H2,1-2H3,(H,22,25). The van der Waals surface area contributed by atoms with Gasteiger partial charge in [0.2, 0.25) is 0 Å². The van der Waals surface area contributed by atoms with Gasteiger partial charge in [0.05, 0.1) is 30.4 Å². The van der Waals surface area contributed by atoms with Gasteiger partial charge in [-0.1, -0.05) is 6.07 Å². The van der Waals surface area contributed by atoms with Gasteiger partial charge in [0, 0.05) is 31.8 Å². The van der Waals surface area contributed by atoms with Crippen LogP contribution in [0.25, 0.3) is 0 Å². The number of amides is 1. The molecule has 2 aromatic rings. The first-order chi connectivity index (χ1) is 14.4. The van der Waals surface area contributed by atoms with Gasteiger partial charge in [-0.3, -0.25) is 14.9 Å². The zero-order valence-corrected chi connectivity index (χ0v) is 16.8. The third-order valence-corrected chi connectivity index (χ3v) is 5.00. The fourth-order valence-corrected chi connectivity index (χ4v) is 3.47. The molecule has 0 radical (unpaired) electrons. The van der Waals surface area contributed by atoms with Gasteiger partial charge in [0.1, 0.15) is 11.3 Å². The first kappa shape index (κ1) is 21.1. The van der Waals surface area contributed by atoms with E-state index in [1.807, 2.05) is 0 Å². The summed E-state index contributed by atoms with van der Waals surface area (Å²) in [6, 6.07) is 9.27. The SMILES string of the molecule is COC(=O)c1cc(CNC(=O)c2cc([N+](=O)[O-])ccc2N2CCCC2)ccc1OC. The zero-order valence-electron chi connectivity index (χ0n) is 16.8. The molecule has 0 aliphatic carbocycles. The van der Waals surface area contributed by atoms with Gasteiger partial charge in [-0.05, 0) is 36.6 Å². The van der Waals surface area contributed by atoms with Gasteiger partial charge in [-0.2, -0.15) is 0 Å². The summed E-state index contributed by atoms with van der Waals surface area (Å²) in [5, 5.41) is 14.0. The van der Waals surface area contributed by atoms with Crippen LogP contribution in [0.3, 0.4) is 0 Å². The van der Waals surface area contributed by atoms with Crippen LogP contribution in [0.2, 0.25) is 0 Å². The summed E-state index contributed by atoms with van der Waals surface area (Å²) in [6.45, 7) is 1.74. The predicted octanol–water partition coefficient (Wildman–Crippen LogP) is 2.92. The third-order valence-electron chi connectivity index (χ3n) is 5.00. The second kappa shape index (κ2) is 9.25. The Balaban J connectivity index is 1.83. The van der Waals surface area contributed by atoms with E-state index in [1.54, 1.807) is 24.3 Å². The minimum Gasteiger partial charge on any atom is -0.496 e. The third kappa shape index (κ3) is 4.51. The van der Waals surface area contributed by atoms with Crippen LogP contribution in [0.4, 0.5) is 11.4 Å². The number of benzene rings is 2. The smallest absolute Gasteiger partial charge is 0.341 e. The number of methoxy groups -OCH3 is 2. The topological polar surface area (TPSA) is 111 Å². The van der Waals surface area contributed by atoms with Gasteiger partial charge < -0.3 is 19.7 Å². The van der Waals surface area contributed by atoms with Crippen molar-refractivity contribution in [2.45, 2.75) is 19.4 Å². The molecule has 1 saturated heterocycles. The molecule has 1 aliphatic rings. The van der Waals surface area contributed by atoms with Crippen LogP contribution < -0.4 is 15.0 Å². The molecule has 1 aliphatic heterocycles. The number of anilines is 1. The lowest BCUT2D eigenvalue weighted by atomic mass is 10.1. The van der Waals surface area contributed by atoms with Crippen molar-refractivity contribution in [1.29, 1.82) is 0 Å². The van der Waals surface area contributed by atoms with E-state index in [9.17, 15) is 19.7 Å². The highest BCUT2D eigenvalue weighted by Crippen LogP contribution is 2.28. The van der Waals surface area contributed by atoms with Gasteiger partial charge in [0.25, 0.3) is 11.6 Å². The summed E-state index contributed by atoms with van der Waals surface area (Å²) in [5.41, 5.74) is 1.71. The van der Waals surface area contributed by atoms with Crippen LogP contribution in [0.1, 0.15) is 39.1 Å². The number of ether oxygens (including phenoxy) is 2. The highest BCUT2D eigenvalue weighted by Gasteiger charge is 2.22. The van der Waals surface area contributed by atoms with Crippen LogP contribution in [0.5, 0.6) is 5.75 Å². The van der Waals surface area contributed by atoms with Crippen LogP contribution in [0.15, 0.2) is 36.4 Å². The average molecular weight is 413 g/mol. The Bertz CT molecular complexity index is 969. The lowest BCUT2D eigenvalue weighted by molar-refractivity contribution is -0.384. The number of nitro benzene ring substituents is 1. The van der Waals surface area contributed by atoms with E-state index in [0.717, 1.165) is 25.9 Å². The molecule has 0 bridgehead atoms. The van der Waals surface area contributed by atoms with Gasteiger partial charge in [-0.15, -0.1) is 0 Å². The summed E-state index contributed by atoms with van der Waals surface area (Å²) in [4.78, 5) is 37.6. The molecule has 0 aromatic heterocycles. The van der Waals surface area contributed by atoms with E-state index in [2.05, 4.69) is 10.2 Å². The molecule has 1 fully saturated rings. The average Bonchev–Trinajstić information content (AvgIpc) is 3.31. The maximum Gasteiger partial charge on any atom is 0.341 e. The summed E-state index contributed by atoms with van der Waals surface area (Å²) in [6.07, 6.45) is 2.03. The van der Waals surface area contributed by atoms with Crippen molar-refractivity contribution in [1.82, 2.24) is 5.32 Å². The molecule has 0 spiro atoms. The molecule has 9 nitrogen and oxygen atoms in total. The minimum absolute atomic E-state index is 0.134. The Kier molecular flexibility index (Phi) is 6.51. The van der Waals surface area contributed by atoms with Crippen molar-refractivity contribution in [3.8, 4) is 5.75 Å². The Hall–Kier alpha value is -3.62. The fourth-order valence-electron chi connectivity index (χ4n) is 3.47. The van der Waals surface area contributed by atoms with Crippen LogP contribution in [0, 0.1) is 10.1 Å². The molecule has 9 heteroatoms. The number of rotatable bonds is 7. The van der Waals surface area contributed by atoms with Crippen molar-refractivity contribution < 1.29 is 24.0 Å². The number of carbonyl (C=O) groups excluding carboxylic acids is 2. The molecular formula is C21H23N3O6. The number of nitro groups is 1. The molecular weight excluding hydrogens is 390 g/mol. The molecule has 158 valence electrons. The fraction of sp³-hybridized carbons (Fsp3) is 0.333. The van der Waals surface area contributed by atoms with Crippen molar-refractivity contribution >= 4 is 23.3 Å². The monoisotopic (exact) mass is 413 g/mol. The van der Waals surface area contributed by atoms with E-state index in [1.165, 1.54) is 26.4 Å². The normalized spacial score (nSPS) is 13.1. The number of carbonyl (C=O) groups is 2. The minimum atomic E-state index is -0.546. The highest BCUT2D eigenvalue weighted by atomic mass is 16.6. The Morgan fingerprint density at radius 2 is 1.83 bits per heavy atom. The number of non-ortho nitro benzene ring substituents is 1. The van der Waals surface area contributed by atoms with Crippen molar-refractivity contribution in [2.24, 2.45) is 0 Å². The molecule has 3 rings (SSSR count). The Morgan fingerprint density at radius 1 is 1.10 bits per heavy atom. The summed E-state index contributed by atoms with van der Waals surface area (Å²) < 4.78 is 9.93. The summed E-state index contributed by atoms with van der Waals surface area (Å²) in [7, 11) is 2.73. The zero-order chi connectivity index (χ0) is 21.7. The van der Waals surface area contributed by atoms with Crippen molar-refractivity contribution in [3.05, 3.63) is 63.2 Å². The van der Waals surface area contributed by atoms with Gasteiger partial charge in [0.15, 0.2) is 0 Å². The van der Waals surface area contributed by atoms with Crippen LogP contribution >= 0.6 is 0 Å². The van der Waals surface area contributed by atoms with E-state index >= 15 is 0 Å². The molecule has 1 amide bonds. The highest BCUT2D eigenvalue weighted by molar-refractivity contribution is 6.00. The molecule has 30 heavy (non-hydrogen) atoms. The Morgan fingerprint density at radius 3 is 2.47 bits per heavy atom. The number of nitrogens with zero attached hydrogens (tertiary/aromatic N) is 2. The van der Waals surface area contributed by atoms with E-state index in [0.29, 0.717) is 17.0 Å². The second-order valence-electron chi connectivity index (χ2n) is 6.86. The molecule has 0 atom stereocenters. The maximum absolute atomic E-state index is 12.9.